The monoisotopic (exact) mass is 512 g/mol. The van der Waals surface area contributed by atoms with Gasteiger partial charge in [0.15, 0.2) is 15.5 Å². The summed E-state index contributed by atoms with van der Waals surface area (Å²) in [6.07, 6.45) is 2.35. The van der Waals surface area contributed by atoms with Gasteiger partial charge in [0.2, 0.25) is 5.91 Å². The van der Waals surface area contributed by atoms with Crippen LogP contribution < -0.4 is 15.4 Å². The summed E-state index contributed by atoms with van der Waals surface area (Å²) in [7, 11) is -3.60. The molecule has 1 spiro atoms. The topological polar surface area (TPSA) is 119 Å². The van der Waals surface area contributed by atoms with Gasteiger partial charge in [0.1, 0.15) is 28.7 Å². The molecule has 1 aliphatic carbocycles. The van der Waals surface area contributed by atoms with Crippen molar-refractivity contribution < 1.29 is 27.1 Å². The molecular weight excluding hydrogens is 487 g/mol. The number of fused-ring (bicyclic) bond motifs is 3. The number of carbonyl (C=O) groups is 2. The number of nitrogens with one attached hydrogen (secondary N) is 2. The van der Waals surface area contributed by atoms with Crippen molar-refractivity contribution in [3.05, 3.63) is 65.1 Å². The smallest absolute Gasteiger partial charge is 0.272 e. The Labute approximate surface area is 207 Å². The summed E-state index contributed by atoms with van der Waals surface area (Å²) < 4.78 is 44.0. The summed E-state index contributed by atoms with van der Waals surface area (Å²) >= 11 is 0. The molecule has 1 atom stereocenters. The quantitative estimate of drug-likeness (QED) is 0.524. The van der Waals surface area contributed by atoms with Gasteiger partial charge in [0, 0.05) is 11.8 Å². The number of ether oxygens (including phenoxy) is 1. The fourth-order valence-corrected chi connectivity index (χ4v) is 5.55. The molecule has 0 saturated carbocycles. The number of hydrogen-bond donors (Lipinski definition) is 2. The molecule has 188 valence electrons. The molecule has 0 radical (unpaired) electrons. The lowest BCUT2D eigenvalue weighted by Gasteiger charge is -2.36. The summed E-state index contributed by atoms with van der Waals surface area (Å²) in [5, 5.41) is 10.3. The summed E-state index contributed by atoms with van der Waals surface area (Å²) in [6.45, 7) is 2.78. The molecule has 9 nitrogen and oxygen atoms in total. The second-order valence-electron chi connectivity index (χ2n) is 9.14. The van der Waals surface area contributed by atoms with Gasteiger partial charge >= 0.3 is 0 Å². The zero-order valence-corrected chi connectivity index (χ0v) is 20.6. The van der Waals surface area contributed by atoms with Crippen LogP contribution in [0.15, 0.2) is 42.5 Å². The fraction of sp³-hybridized carbons (Fsp3) is 0.320. The van der Waals surface area contributed by atoms with Gasteiger partial charge in [0.25, 0.3) is 5.91 Å². The number of rotatable bonds is 6. The van der Waals surface area contributed by atoms with Crippen LogP contribution in [0, 0.1) is 5.82 Å². The summed E-state index contributed by atoms with van der Waals surface area (Å²) in [5.41, 5.74) is 2.30. The molecule has 2 amide bonds. The maximum Gasteiger partial charge on any atom is 0.272 e. The normalized spacial score (nSPS) is 18.5. The van der Waals surface area contributed by atoms with Crippen molar-refractivity contribution in [2.24, 2.45) is 0 Å². The first kappa shape index (κ1) is 24.0. The molecule has 0 unspecified atom stereocenters. The number of aryl methyl sites for hydroxylation is 1. The molecule has 2 aliphatic rings. The number of halogens is 1. The van der Waals surface area contributed by atoms with Crippen LogP contribution in [0.1, 0.15) is 35.0 Å². The highest BCUT2D eigenvalue weighted by Gasteiger charge is 2.46. The third-order valence-corrected chi connectivity index (χ3v) is 7.23. The van der Waals surface area contributed by atoms with Crippen LogP contribution >= 0.6 is 0 Å². The van der Waals surface area contributed by atoms with Gasteiger partial charge in [-0.1, -0.05) is 6.07 Å². The minimum Gasteiger partial charge on any atom is -0.494 e. The molecule has 2 N–H and O–H groups in total. The highest BCUT2D eigenvalue weighted by Crippen LogP contribution is 2.43. The molecule has 36 heavy (non-hydrogen) atoms. The van der Waals surface area contributed by atoms with E-state index >= 15 is 0 Å². The summed E-state index contributed by atoms with van der Waals surface area (Å²) in [4.78, 5) is 26.0. The third-order valence-electron chi connectivity index (χ3n) is 6.44. The van der Waals surface area contributed by atoms with Crippen LogP contribution in [0.25, 0.3) is 11.3 Å². The highest BCUT2D eigenvalue weighted by atomic mass is 32.2. The molecule has 1 aromatic heterocycles. The fourth-order valence-electron chi connectivity index (χ4n) is 5.00. The molecule has 11 heteroatoms. The summed E-state index contributed by atoms with van der Waals surface area (Å²) in [5.74, 6) is -1.67. The minimum absolute atomic E-state index is 0.0903. The largest absolute Gasteiger partial charge is 0.494 e. The first-order valence-corrected chi connectivity index (χ1v) is 13.6. The lowest BCUT2D eigenvalue weighted by Crippen LogP contribution is -2.52. The lowest BCUT2D eigenvalue weighted by molar-refractivity contribution is -0.113. The first-order valence-electron chi connectivity index (χ1n) is 11.5. The van der Waals surface area contributed by atoms with E-state index in [0.717, 1.165) is 29.6 Å². The Balaban J connectivity index is 1.58. The lowest BCUT2D eigenvalue weighted by atomic mass is 9.89. The van der Waals surface area contributed by atoms with Gasteiger partial charge in [-0.15, -0.1) is 0 Å². The molecule has 2 aromatic carbocycles. The van der Waals surface area contributed by atoms with E-state index in [4.69, 9.17) is 4.74 Å². The van der Waals surface area contributed by atoms with Gasteiger partial charge in [-0.05, 0) is 67.3 Å². The maximum atomic E-state index is 13.6. The van der Waals surface area contributed by atoms with E-state index in [-0.39, 0.29) is 17.1 Å². The molecule has 1 aliphatic heterocycles. The maximum absolute atomic E-state index is 13.6. The van der Waals surface area contributed by atoms with E-state index in [1.54, 1.807) is 4.68 Å². The van der Waals surface area contributed by atoms with Crippen LogP contribution in [0.5, 0.6) is 5.75 Å². The van der Waals surface area contributed by atoms with Gasteiger partial charge in [-0.3, -0.25) is 14.3 Å². The molecular formula is C25H25FN4O5S. The van der Waals surface area contributed by atoms with Crippen LogP contribution in [0.3, 0.4) is 0 Å². The number of aromatic nitrogens is 2. The average Bonchev–Trinajstić information content (AvgIpc) is 3.32. The Morgan fingerprint density at radius 2 is 2.00 bits per heavy atom. The van der Waals surface area contributed by atoms with E-state index in [1.807, 2.05) is 25.1 Å². The number of benzene rings is 2. The average molecular weight is 513 g/mol. The molecule has 5 rings (SSSR count). The Morgan fingerprint density at radius 1 is 1.25 bits per heavy atom. The van der Waals surface area contributed by atoms with E-state index in [2.05, 4.69) is 15.7 Å². The minimum atomic E-state index is -3.60. The van der Waals surface area contributed by atoms with Crippen molar-refractivity contribution in [3.63, 3.8) is 0 Å². The predicted octanol–water partition coefficient (Wildman–Crippen LogP) is 2.66. The van der Waals surface area contributed by atoms with Crippen molar-refractivity contribution in [2.75, 3.05) is 23.9 Å². The highest BCUT2D eigenvalue weighted by molar-refractivity contribution is 7.91. The Hall–Kier alpha value is -3.73. The van der Waals surface area contributed by atoms with Crippen molar-refractivity contribution >= 4 is 27.3 Å². The molecule has 0 fully saturated rings. The van der Waals surface area contributed by atoms with Gasteiger partial charge in [-0.25, -0.2) is 12.8 Å². The number of carbonyl (C=O) groups excluding carboxylic acids is 2. The summed E-state index contributed by atoms with van der Waals surface area (Å²) in [6, 6.07) is 11.3. The zero-order chi connectivity index (χ0) is 25.7. The second kappa shape index (κ2) is 8.74. The Kier molecular flexibility index (Phi) is 5.82. The van der Waals surface area contributed by atoms with Gasteiger partial charge in [0.05, 0.1) is 18.7 Å². The van der Waals surface area contributed by atoms with E-state index in [0.29, 0.717) is 25.1 Å². The number of sulfone groups is 1. The standard InChI is InChI=1S/C25H25FN4O5S/c1-3-35-18-8-9-19-16(12-18)10-11-25(19)14-30-23(24(32)28-25)22(27-20(31)13-36(2,33)34)21(29-30)15-4-6-17(26)7-5-15/h4-9,12H,3,10-11,13-14H2,1-2H3,(H,27,31)(H,28,32)/t25-/m0/s1. The van der Waals surface area contributed by atoms with E-state index < -0.39 is 38.8 Å². The molecule has 0 saturated heterocycles. The first-order chi connectivity index (χ1) is 17.1. The zero-order valence-electron chi connectivity index (χ0n) is 19.8. The van der Waals surface area contributed by atoms with Crippen LogP contribution in [-0.4, -0.2) is 48.6 Å². The number of nitrogens with zero attached hydrogens (tertiary/aromatic N) is 2. The van der Waals surface area contributed by atoms with E-state index in [9.17, 15) is 22.4 Å². The molecule has 0 bridgehead atoms. The Bertz CT molecular complexity index is 1480. The van der Waals surface area contributed by atoms with Gasteiger partial charge in [-0.2, -0.15) is 5.10 Å². The van der Waals surface area contributed by atoms with Crippen molar-refractivity contribution in [3.8, 4) is 17.0 Å². The van der Waals surface area contributed by atoms with Crippen molar-refractivity contribution in [1.82, 2.24) is 15.1 Å². The van der Waals surface area contributed by atoms with Crippen LogP contribution in [0.4, 0.5) is 10.1 Å². The van der Waals surface area contributed by atoms with Crippen molar-refractivity contribution in [1.29, 1.82) is 0 Å². The second-order valence-corrected chi connectivity index (χ2v) is 11.3. The number of amides is 2. The van der Waals surface area contributed by atoms with Crippen LogP contribution in [0.2, 0.25) is 0 Å². The molecule has 3 aromatic rings. The van der Waals surface area contributed by atoms with Crippen molar-refractivity contribution in [2.45, 2.75) is 31.8 Å². The molecule has 2 heterocycles. The Morgan fingerprint density at radius 3 is 2.69 bits per heavy atom. The number of anilines is 1. The number of hydrogen-bond acceptors (Lipinski definition) is 6. The predicted molar refractivity (Wildman–Crippen MR) is 131 cm³/mol. The van der Waals surface area contributed by atoms with E-state index in [1.165, 1.54) is 24.3 Å². The van der Waals surface area contributed by atoms with Gasteiger partial charge < -0.3 is 15.4 Å². The third kappa shape index (κ3) is 4.34. The SMILES string of the molecule is CCOc1ccc2c(c1)CC[C@]21Cn2nc(-c3ccc(F)cc3)c(NC(=O)CS(C)(=O)=O)c2C(=O)N1. The van der Waals surface area contributed by atoms with Crippen LogP contribution in [-0.2, 0) is 33.1 Å².